The van der Waals surface area contributed by atoms with Crippen LogP contribution in [0.2, 0.25) is 0 Å². The number of halogens is 1. The molecule has 100 valence electrons. The minimum absolute atomic E-state index is 0. The largest absolute Gasteiger partial charge is 1.00 e. The number of hydrogen-bond acceptors (Lipinski definition) is 4. The van der Waals surface area contributed by atoms with Gasteiger partial charge in [0.2, 0.25) is 4.75 Å². The van der Waals surface area contributed by atoms with Crippen LogP contribution in [0.15, 0.2) is 0 Å². The molecule has 0 N–H and O–H groups in total. The van der Waals surface area contributed by atoms with E-state index in [1.807, 2.05) is 12.5 Å². The standard InChI is InChI=1S/C9H23NOPS3.BrH/c1-6-10(3,7-2)8-9-15-12(11,13-4)14-5;/h6-9H2,1-5H3;1H/q+1;/p-1. The van der Waals surface area contributed by atoms with Crippen molar-refractivity contribution in [3.63, 3.8) is 0 Å². The number of rotatable bonds is 8. The Morgan fingerprint density at radius 3 is 1.88 bits per heavy atom. The van der Waals surface area contributed by atoms with Gasteiger partial charge in [-0.1, -0.05) is 34.1 Å². The lowest BCUT2D eigenvalue weighted by Crippen LogP contribution is -3.00. The molecule has 0 radical (unpaired) electrons. The van der Waals surface area contributed by atoms with Crippen molar-refractivity contribution in [2.75, 3.05) is 44.9 Å². The molecule has 7 heteroatoms. The van der Waals surface area contributed by atoms with Gasteiger partial charge in [0.15, 0.2) is 0 Å². The van der Waals surface area contributed by atoms with Crippen LogP contribution in [0.5, 0.6) is 0 Å². The molecule has 0 aromatic rings. The van der Waals surface area contributed by atoms with Crippen LogP contribution in [0.3, 0.4) is 0 Å². The van der Waals surface area contributed by atoms with E-state index in [0.29, 0.717) is 0 Å². The number of quaternary nitrogens is 1. The van der Waals surface area contributed by atoms with Gasteiger partial charge in [0.05, 0.1) is 32.4 Å². The van der Waals surface area contributed by atoms with Crippen LogP contribution in [0.4, 0.5) is 0 Å². The molecule has 2 nitrogen and oxygen atoms in total. The molecule has 0 aromatic carbocycles. The molecular weight excluding hydrogens is 345 g/mol. The predicted molar refractivity (Wildman–Crippen MR) is 79.2 cm³/mol. The molecule has 0 unspecified atom stereocenters. The zero-order valence-electron chi connectivity index (χ0n) is 10.7. The SMILES string of the molecule is CC[N+](C)(CC)CCSP(=O)(SC)SC.[Br-]. The van der Waals surface area contributed by atoms with E-state index in [2.05, 4.69) is 20.9 Å². The third-order valence-corrected chi connectivity index (χ3v) is 15.9. The molecule has 0 aliphatic heterocycles. The highest BCUT2D eigenvalue weighted by Crippen LogP contribution is 2.76. The van der Waals surface area contributed by atoms with Crippen LogP contribution in [0, 0.1) is 0 Å². The maximum Gasteiger partial charge on any atom is 0.243 e. The summed E-state index contributed by atoms with van der Waals surface area (Å²) in [4.78, 5) is 0. The Morgan fingerprint density at radius 1 is 1.12 bits per heavy atom. The first-order chi connectivity index (χ1) is 6.95. The summed E-state index contributed by atoms with van der Waals surface area (Å²) in [5.74, 6) is 0.997. The molecule has 0 aliphatic rings. The van der Waals surface area contributed by atoms with Crippen molar-refractivity contribution < 1.29 is 26.0 Å². The zero-order valence-corrected chi connectivity index (χ0v) is 15.7. The van der Waals surface area contributed by atoms with Gasteiger partial charge >= 0.3 is 0 Å². The van der Waals surface area contributed by atoms with Crippen molar-refractivity contribution in [2.45, 2.75) is 13.8 Å². The summed E-state index contributed by atoms with van der Waals surface area (Å²) in [6.07, 6.45) is 3.88. The highest BCUT2D eigenvalue weighted by Gasteiger charge is 2.23. The Morgan fingerprint density at radius 2 is 1.56 bits per heavy atom. The fourth-order valence-corrected chi connectivity index (χ4v) is 8.77. The quantitative estimate of drug-likeness (QED) is 0.470. The zero-order chi connectivity index (χ0) is 11.9. The lowest BCUT2D eigenvalue weighted by atomic mass is 10.4. The molecule has 0 aromatic heterocycles. The smallest absolute Gasteiger partial charge is 0.243 e. The average Bonchev–Trinajstić information content (AvgIpc) is 2.28. The summed E-state index contributed by atoms with van der Waals surface area (Å²) in [7, 11) is 2.27. The van der Waals surface area contributed by atoms with Crippen LogP contribution >= 0.6 is 38.9 Å². The first-order valence-corrected chi connectivity index (χ1v) is 12.1. The minimum atomic E-state index is -2.05. The van der Waals surface area contributed by atoms with Crippen LogP contribution in [-0.4, -0.2) is 49.4 Å². The summed E-state index contributed by atoms with van der Waals surface area (Å²) >= 11 is 4.67. The fourth-order valence-electron chi connectivity index (χ4n) is 1.09. The lowest BCUT2D eigenvalue weighted by Gasteiger charge is -2.32. The van der Waals surface area contributed by atoms with Gasteiger partial charge in [0.25, 0.3) is 0 Å². The fraction of sp³-hybridized carbons (Fsp3) is 1.00. The Balaban J connectivity index is 0. The first-order valence-electron chi connectivity index (χ1n) is 5.15. The molecule has 0 aliphatic carbocycles. The second kappa shape index (κ2) is 9.62. The monoisotopic (exact) mass is 367 g/mol. The normalized spacial score (nSPS) is 12.3. The highest BCUT2D eigenvalue weighted by molar-refractivity contribution is 9.14. The van der Waals surface area contributed by atoms with E-state index in [-0.39, 0.29) is 17.0 Å². The van der Waals surface area contributed by atoms with Crippen molar-refractivity contribution in [2.24, 2.45) is 0 Å². The van der Waals surface area contributed by atoms with Gasteiger partial charge < -0.3 is 21.5 Å². The van der Waals surface area contributed by atoms with Crippen LogP contribution in [0.25, 0.3) is 0 Å². The maximum atomic E-state index is 12.1. The summed E-state index contributed by atoms with van der Waals surface area (Å²) in [6, 6.07) is 0. The van der Waals surface area contributed by atoms with E-state index in [1.54, 1.807) is 11.4 Å². The molecule has 0 spiro atoms. The predicted octanol–water partition coefficient (Wildman–Crippen LogP) is 1.04. The van der Waals surface area contributed by atoms with E-state index in [1.165, 1.54) is 22.8 Å². The third-order valence-electron chi connectivity index (χ3n) is 2.85. The van der Waals surface area contributed by atoms with Gasteiger partial charge in [-0.05, 0) is 26.4 Å². The molecular formula is C9H23BrNOPS3. The molecule has 16 heavy (non-hydrogen) atoms. The van der Waals surface area contributed by atoms with Crippen molar-refractivity contribution in [1.29, 1.82) is 0 Å². The van der Waals surface area contributed by atoms with Crippen molar-refractivity contribution in [3.8, 4) is 0 Å². The van der Waals surface area contributed by atoms with E-state index >= 15 is 0 Å². The Kier molecular flexibility index (Phi) is 12.1. The maximum absolute atomic E-state index is 12.1. The molecule has 0 heterocycles. The molecule has 0 atom stereocenters. The average molecular weight is 368 g/mol. The Labute approximate surface area is 123 Å². The van der Waals surface area contributed by atoms with E-state index in [0.717, 1.165) is 29.9 Å². The van der Waals surface area contributed by atoms with E-state index in [9.17, 15) is 4.57 Å². The number of hydrogen-bond donors (Lipinski definition) is 0. The third kappa shape index (κ3) is 7.22. The summed E-state index contributed by atoms with van der Waals surface area (Å²) in [6.45, 7) is 7.86. The van der Waals surface area contributed by atoms with Gasteiger partial charge in [-0.25, -0.2) is 0 Å². The summed E-state index contributed by atoms with van der Waals surface area (Å²) in [5.41, 5.74) is 0. The Bertz CT molecular complexity index is 219. The van der Waals surface area contributed by atoms with Crippen LogP contribution < -0.4 is 17.0 Å². The summed E-state index contributed by atoms with van der Waals surface area (Å²) < 4.78 is 11.1. The molecule has 0 saturated carbocycles. The molecule has 0 saturated heterocycles. The minimum Gasteiger partial charge on any atom is -1.00 e. The van der Waals surface area contributed by atoms with Crippen LogP contribution in [-0.2, 0) is 4.57 Å². The highest BCUT2D eigenvalue weighted by atomic mass is 79.9. The van der Waals surface area contributed by atoms with Gasteiger partial charge in [-0.3, -0.25) is 4.57 Å². The molecule has 0 bridgehead atoms. The Hall–Kier alpha value is 1.72. The van der Waals surface area contributed by atoms with Gasteiger partial charge in [0, 0.05) is 0 Å². The number of nitrogens with zero attached hydrogens (tertiary/aromatic N) is 1. The first kappa shape index (κ1) is 20.0. The topological polar surface area (TPSA) is 17.1 Å². The molecule has 0 rings (SSSR count). The second-order valence-electron chi connectivity index (χ2n) is 3.62. The van der Waals surface area contributed by atoms with Crippen molar-refractivity contribution >= 4 is 38.9 Å². The molecule has 0 fully saturated rings. The van der Waals surface area contributed by atoms with E-state index in [4.69, 9.17) is 0 Å². The lowest BCUT2D eigenvalue weighted by molar-refractivity contribution is -0.903. The molecule has 0 amide bonds. The van der Waals surface area contributed by atoms with E-state index < -0.39 is 4.75 Å². The van der Waals surface area contributed by atoms with Crippen molar-refractivity contribution in [1.82, 2.24) is 0 Å². The van der Waals surface area contributed by atoms with Gasteiger partial charge in [-0.2, -0.15) is 0 Å². The summed E-state index contributed by atoms with van der Waals surface area (Å²) in [5, 5.41) is 0. The second-order valence-corrected chi connectivity index (χ2v) is 15.6. The van der Waals surface area contributed by atoms with Crippen LogP contribution in [0.1, 0.15) is 13.8 Å². The van der Waals surface area contributed by atoms with Crippen molar-refractivity contribution in [3.05, 3.63) is 0 Å². The van der Waals surface area contributed by atoms with Gasteiger partial charge in [-0.15, -0.1) is 0 Å². The van der Waals surface area contributed by atoms with Gasteiger partial charge in [0.1, 0.15) is 0 Å².